The third kappa shape index (κ3) is 2.83. The van der Waals surface area contributed by atoms with Gasteiger partial charge >= 0.3 is 5.97 Å². The van der Waals surface area contributed by atoms with E-state index in [4.69, 9.17) is 9.72 Å². The molecule has 0 aromatic carbocycles. The van der Waals surface area contributed by atoms with Crippen LogP contribution in [-0.4, -0.2) is 32.7 Å². The van der Waals surface area contributed by atoms with Crippen LogP contribution in [0.2, 0.25) is 0 Å². The lowest BCUT2D eigenvalue weighted by atomic mass is 9.54. The number of fused-ring (bicyclic) bond motifs is 4. The maximum Gasteiger partial charge on any atom is 0.309 e. The number of rotatable bonds is 2. The Balaban J connectivity index is 1.43. The number of carbonyl (C=O) groups excluding carboxylic acids is 2. The van der Waals surface area contributed by atoms with E-state index in [1.165, 1.54) is 4.88 Å². The number of ether oxygens (including phenoxy) is 1. The first-order chi connectivity index (χ1) is 14.2. The third-order valence-electron chi connectivity index (χ3n) is 7.72. The molecule has 2 aromatic heterocycles. The van der Waals surface area contributed by atoms with Gasteiger partial charge in [-0.1, -0.05) is 20.8 Å². The number of aromatic nitrogens is 3. The van der Waals surface area contributed by atoms with Crippen LogP contribution in [0, 0.1) is 30.1 Å². The van der Waals surface area contributed by atoms with Crippen LogP contribution in [0.25, 0.3) is 0 Å². The second-order valence-electron chi connectivity index (χ2n) is 9.61. The van der Waals surface area contributed by atoms with E-state index in [0.29, 0.717) is 16.7 Å². The standard InChI is InChI=1S/C22H28N4O3S/c1-10-8-14(25-26(10)5)19(27)24-21-23-17-12(3)16-18-13(11(2)20(28)29-18)6-7-22(16,4)9-15(17)30-21/h8,11-13,16,18H,6-7,9H2,1-5H3,(H,23,24,27). The number of carbonyl (C=O) groups is 2. The summed E-state index contributed by atoms with van der Waals surface area (Å²) in [5, 5.41) is 7.82. The lowest BCUT2D eigenvalue weighted by Crippen LogP contribution is -2.50. The molecule has 8 heteroatoms. The van der Waals surface area contributed by atoms with Gasteiger partial charge < -0.3 is 4.74 Å². The van der Waals surface area contributed by atoms with Gasteiger partial charge in [0.2, 0.25) is 0 Å². The summed E-state index contributed by atoms with van der Waals surface area (Å²) in [7, 11) is 1.82. The number of nitrogens with one attached hydrogen (secondary N) is 1. The number of amides is 1. The van der Waals surface area contributed by atoms with E-state index in [0.717, 1.165) is 30.7 Å². The van der Waals surface area contributed by atoms with Crippen LogP contribution in [0.4, 0.5) is 5.13 Å². The summed E-state index contributed by atoms with van der Waals surface area (Å²) in [5.41, 5.74) is 2.46. The highest BCUT2D eigenvalue weighted by Crippen LogP contribution is 2.59. The molecule has 7 nitrogen and oxygen atoms in total. The molecule has 1 saturated carbocycles. The minimum absolute atomic E-state index is 0.0136. The van der Waals surface area contributed by atoms with Crippen LogP contribution in [0.1, 0.15) is 66.3 Å². The average molecular weight is 429 g/mol. The maximum absolute atomic E-state index is 12.6. The molecule has 2 aromatic rings. The van der Waals surface area contributed by atoms with Gasteiger partial charge in [-0.05, 0) is 37.7 Å². The molecule has 30 heavy (non-hydrogen) atoms. The number of esters is 1. The summed E-state index contributed by atoms with van der Waals surface area (Å²) in [5.74, 6) is 0.458. The van der Waals surface area contributed by atoms with Crippen LogP contribution in [-0.2, 0) is 23.0 Å². The summed E-state index contributed by atoms with van der Waals surface area (Å²) in [6.07, 6.45) is 3.03. The van der Waals surface area contributed by atoms with Gasteiger partial charge in [-0.3, -0.25) is 19.6 Å². The van der Waals surface area contributed by atoms with Crippen molar-refractivity contribution in [3.05, 3.63) is 28.0 Å². The highest BCUT2D eigenvalue weighted by molar-refractivity contribution is 7.15. The molecular formula is C22H28N4O3S. The van der Waals surface area contributed by atoms with E-state index < -0.39 is 0 Å². The van der Waals surface area contributed by atoms with Crippen LogP contribution in [0.15, 0.2) is 6.07 Å². The SMILES string of the molecule is Cc1cc(C(=O)Nc2nc3c(s2)CC2(C)CCC4C(C)C(=O)OC4C2C3C)nn1C. The minimum atomic E-state index is -0.236. The van der Waals surface area contributed by atoms with Crippen LogP contribution in [0.3, 0.4) is 0 Å². The molecule has 1 saturated heterocycles. The molecule has 0 radical (unpaired) electrons. The first-order valence-corrected chi connectivity index (χ1v) is 11.5. The zero-order valence-corrected chi connectivity index (χ0v) is 18.9. The fourth-order valence-electron chi connectivity index (χ4n) is 5.97. The summed E-state index contributed by atoms with van der Waals surface area (Å²) in [6.45, 7) is 8.46. The average Bonchev–Trinajstić information content (AvgIpc) is 3.31. The quantitative estimate of drug-likeness (QED) is 0.737. The van der Waals surface area contributed by atoms with Gasteiger partial charge in [0.25, 0.3) is 5.91 Å². The molecule has 6 atom stereocenters. The van der Waals surface area contributed by atoms with Crippen molar-refractivity contribution < 1.29 is 14.3 Å². The normalized spacial score (nSPS) is 34.7. The molecular weight excluding hydrogens is 400 g/mol. The van der Waals surface area contributed by atoms with Crippen molar-refractivity contribution in [2.24, 2.45) is 30.2 Å². The summed E-state index contributed by atoms with van der Waals surface area (Å²) >= 11 is 1.57. The molecule has 1 aliphatic heterocycles. The van der Waals surface area contributed by atoms with Gasteiger partial charge in [-0.15, -0.1) is 11.3 Å². The number of hydrogen-bond acceptors (Lipinski definition) is 6. The Morgan fingerprint density at radius 3 is 2.83 bits per heavy atom. The van der Waals surface area contributed by atoms with E-state index in [1.807, 2.05) is 20.9 Å². The Kier molecular flexibility index (Phi) is 4.36. The largest absolute Gasteiger partial charge is 0.461 e. The van der Waals surface area contributed by atoms with Crippen molar-refractivity contribution in [1.82, 2.24) is 14.8 Å². The van der Waals surface area contributed by atoms with Gasteiger partial charge in [0, 0.05) is 35.4 Å². The molecule has 2 fully saturated rings. The Morgan fingerprint density at radius 1 is 1.37 bits per heavy atom. The van der Waals surface area contributed by atoms with Crippen molar-refractivity contribution in [3.8, 4) is 0 Å². The molecule has 5 rings (SSSR count). The van der Waals surface area contributed by atoms with Crippen molar-refractivity contribution in [1.29, 1.82) is 0 Å². The Bertz CT molecular complexity index is 1020. The zero-order chi connectivity index (χ0) is 21.4. The molecule has 0 spiro atoms. The number of hydrogen-bond donors (Lipinski definition) is 1. The van der Waals surface area contributed by atoms with Gasteiger partial charge in [-0.2, -0.15) is 5.10 Å². The number of nitrogens with zero attached hydrogens (tertiary/aromatic N) is 3. The van der Waals surface area contributed by atoms with Crippen LogP contribution < -0.4 is 5.32 Å². The van der Waals surface area contributed by atoms with E-state index in [9.17, 15) is 9.59 Å². The first-order valence-electron chi connectivity index (χ1n) is 10.7. The van der Waals surface area contributed by atoms with E-state index >= 15 is 0 Å². The van der Waals surface area contributed by atoms with Gasteiger partial charge in [0.05, 0.1) is 11.6 Å². The van der Waals surface area contributed by atoms with E-state index in [1.54, 1.807) is 22.1 Å². The van der Waals surface area contributed by atoms with E-state index in [2.05, 4.69) is 24.3 Å². The monoisotopic (exact) mass is 428 g/mol. The predicted molar refractivity (Wildman–Crippen MR) is 113 cm³/mol. The summed E-state index contributed by atoms with van der Waals surface area (Å²) in [6, 6.07) is 1.77. The van der Waals surface area contributed by atoms with Crippen molar-refractivity contribution in [3.63, 3.8) is 0 Å². The highest BCUT2D eigenvalue weighted by Gasteiger charge is 2.58. The second kappa shape index (κ2) is 6.64. The molecule has 3 heterocycles. The second-order valence-corrected chi connectivity index (χ2v) is 10.7. The van der Waals surface area contributed by atoms with Crippen LogP contribution >= 0.6 is 11.3 Å². The minimum Gasteiger partial charge on any atom is -0.461 e. The summed E-state index contributed by atoms with van der Waals surface area (Å²) < 4.78 is 7.59. The number of thiazole rings is 1. The molecule has 6 unspecified atom stereocenters. The van der Waals surface area contributed by atoms with Gasteiger partial charge in [-0.25, -0.2) is 4.98 Å². The molecule has 160 valence electrons. The molecule has 0 bridgehead atoms. The van der Waals surface area contributed by atoms with Crippen molar-refractivity contribution in [2.45, 2.75) is 59.0 Å². The summed E-state index contributed by atoms with van der Waals surface area (Å²) in [4.78, 5) is 31.0. The fourth-order valence-corrected chi connectivity index (χ4v) is 7.22. The van der Waals surface area contributed by atoms with Crippen molar-refractivity contribution >= 4 is 28.3 Å². The van der Waals surface area contributed by atoms with Crippen molar-refractivity contribution in [2.75, 3.05) is 5.32 Å². The Morgan fingerprint density at radius 2 is 2.13 bits per heavy atom. The fraction of sp³-hybridized carbons (Fsp3) is 0.636. The first kappa shape index (κ1) is 19.7. The third-order valence-corrected chi connectivity index (χ3v) is 8.71. The zero-order valence-electron chi connectivity index (χ0n) is 18.1. The lowest BCUT2D eigenvalue weighted by molar-refractivity contribution is -0.149. The highest BCUT2D eigenvalue weighted by atomic mass is 32.1. The number of anilines is 1. The lowest BCUT2D eigenvalue weighted by Gasteiger charge is -2.51. The Hall–Kier alpha value is -2.22. The Labute approximate surface area is 180 Å². The molecule has 1 N–H and O–H groups in total. The van der Waals surface area contributed by atoms with Crippen LogP contribution in [0.5, 0.6) is 0 Å². The van der Waals surface area contributed by atoms with E-state index in [-0.39, 0.29) is 41.1 Å². The van der Waals surface area contributed by atoms with Gasteiger partial charge in [0.1, 0.15) is 6.10 Å². The van der Waals surface area contributed by atoms with Gasteiger partial charge in [0.15, 0.2) is 10.8 Å². The molecule has 1 amide bonds. The topological polar surface area (TPSA) is 86.1 Å². The maximum atomic E-state index is 12.6. The molecule has 2 aliphatic carbocycles. The smallest absolute Gasteiger partial charge is 0.309 e. The predicted octanol–water partition coefficient (Wildman–Crippen LogP) is 3.69. The molecule has 3 aliphatic rings. The number of aryl methyl sites for hydroxylation is 2.